The van der Waals surface area contributed by atoms with Gasteiger partial charge in [0.25, 0.3) is 5.52 Å². The molecule has 1 aromatic heterocycles. The van der Waals surface area contributed by atoms with Crippen molar-refractivity contribution in [3.05, 3.63) is 28.7 Å². The number of hydrogen-bond acceptors (Lipinski definition) is 4. The molecule has 0 fully saturated rings. The Bertz CT molecular complexity index is 554. The summed E-state index contributed by atoms with van der Waals surface area (Å²) < 4.78 is 9.65. The SMILES string of the molecule is CCOC(=O)c1ccc2c(c1)[nH]o[n+]2=O. The first-order valence-electron chi connectivity index (χ1n) is 4.43. The van der Waals surface area contributed by atoms with Crippen LogP contribution in [0.4, 0.5) is 0 Å². The lowest BCUT2D eigenvalue weighted by Crippen LogP contribution is -2.09. The molecule has 15 heavy (non-hydrogen) atoms. The minimum Gasteiger partial charge on any atom is -0.462 e. The van der Waals surface area contributed by atoms with Crippen molar-refractivity contribution in [3.8, 4) is 0 Å². The van der Waals surface area contributed by atoms with E-state index in [2.05, 4.69) is 9.79 Å². The number of carbonyl (C=O) groups excluding carboxylic acids is 1. The van der Waals surface area contributed by atoms with Gasteiger partial charge in [0.1, 0.15) is 0 Å². The molecule has 78 valence electrons. The van der Waals surface area contributed by atoms with Gasteiger partial charge in [-0.1, -0.05) is 9.79 Å². The van der Waals surface area contributed by atoms with Crippen LogP contribution in [-0.4, -0.2) is 17.7 Å². The van der Waals surface area contributed by atoms with Crippen LogP contribution in [0.5, 0.6) is 0 Å². The molecule has 0 aliphatic rings. The van der Waals surface area contributed by atoms with Crippen molar-refractivity contribution in [2.45, 2.75) is 6.92 Å². The summed E-state index contributed by atoms with van der Waals surface area (Å²) in [5.41, 5.74) is 1.17. The third-order valence-corrected chi connectivity index (χ3v) is 1.94. The minimum absolute atomic E-state index is 0.313. The van der Waals surface area contributed by atoms with Crippen LogP contribution < -0.4 is 4.60 Å². The van der Waals surface area contributed by atoms with Gasteiger partial charge in [-0.3, -0.25) is 0 Å². The maximum atomic E-state index is 11.3. The lowest BCUT2D eigenvalue weighted by molar-refractivity contribution is -0.692. The van der Waals surface area contributed by atoms with Gasteiger partial charge in [-0.05, 0) is 24.0 Å². The Morgan fingerprint density at radius 2 is 2.40 bits per heavy atom. The van der Waals surface area contributed by atoms with Gasteiger partial charge in [-0.2, -0.15) is 0 Å². The van der Waals surface area contributed by atoms with E-state index in [1.54, 1.807) is 6.92 Å². The second-order valence-electron chi connectivity index (χ2n) is 2.90. The predicted molar refractivity (Wildman–Crippen MR) is 49.9 cm³/mol. The summed E-state index contributed by atoms with van der Waals surface area (Å²) in [6.07, 6.45) is 0. The highest BCUT2D eigenvalue weighted by Crippen LogP contribution is 2.10. The van der Waals surface area contributed by atoms with Crippen molar-refractivity contribution in [2.24, 2.45) is 0 Å². The molecule has 0 aliphatic carbocycles. The summed E-state index contributed by atoms with van der Waals surface area (Å²) in [5.74, 6) is -0.425. The summed E-state index contributed by atoms with van der Waals surface area (Å²) in [6, 6.07) is 4.51. The number of nitrogens with one attached hydrogen (secondary N) is 1. The van der Waals surface area contributed by atoms with Gasteiger partial charge < -0.3 is 4.74 Å². The Balaban J connectivity index is 2.47. The summed E-state index contributed by atoms with van der Waals surface area (Å²) >= 11 is 0. The van der Waals surface area contributed by atoms with Crippen molar-refractivity contribution in [2.75, 3.05) is 6.61 Å². The van der Waals surface area contributed by atoms with Crippen LogP contribution in [0, 0.1) is 4.91 Å². The molecule has 0 saturated heterocycles. The fraction of sp³-hybridized carbons (Fsp3) is 0.222. The van der Waals surface area contributed by atoms with E-state index in [0.29, 0.717) is 27.8 Å². The van der Waals surface area contributed by atoms with E-state index in [1.165, 1.54) is 18.2 Å². The van der Waals surface area contributed by atoms with Gasteiger partial charge in [-0.15, -0.1) is 0 Å². The maximum absolute atomic E-state index is 11.3. The maximum Gasteiger partial charge on any atom is 0.338 e. The summed E-state index contributed by atoms with van der Waals surface area (Å²) in [4.78, 5) is 22.3. The van der Waals surface area contributed by atoms with E-state index >= 15 is 0 Å². The topological polar surface area (TPSA) is 78.2 Å². The zero-order valence-corrected chi connectivity index (χ0v) is 8.02. The van der Waals surface area contributed by atoms with Crippen LogP contribution in [0.25, 0.3) is 11.0 Å². The van der Waals surface area contributed by atoms with E-state index in [1.807, 2.05) is 0 Å². The van der Waals surface area contributed by atoms with Crippen molar-refractivity contribution in [1.82, 2.24) is 5.16 Å². The Kier molecular flexibility index (Phi) is 2.24. The van der Waals surface area contributed by atoms with E-state index < -0.39 is 5.97 Å². The molecule has 1 N–H and O–H groups in total. The lowest BCUT2D eigenvalue weighted by atomic mass is 10.2. The number of carbonyl (C=O) groups is 1. The zero-order valence-electron chi connectivity index (χ0n) is 8.02. The Morgan fingerprint density at radius 1 is 1.60 bits per heavy atom. The zero-order chi connectivity index (χ0) is 10.8. The molecule has 6 nitrogen and oxygen atoms in total. The van der Waals surface area contributed by atoms with Crippen LogP contribution in [0.3, 0.4) is 0 Å². The highest BCUT2D eigenvalue weighted by atomic mass is 16.7. The molecule has 0 aliphatic heterocycles. The average Bonchev–Trinajstić information content (AvgIpc) is 2.60. The van der Waals surface area contributed by atoms with Crippen LogP contribution in [0.2, 0.25) is 0 Å². The van der Waals surface area contributed by atoms with Crippen LogP contribution >= 0.6 is 0 Å². The molecule has 0 spiro atoms. The number of aromatic amines is 1. The highest BCUT2D eigenvalue weighted by molar-refractivity contribution is 5.92. The smallest absolute Gasteiger partial charge is 0.338 e. The second kappa shape index (κ2) is 3.56. The molecule has 0 atom stereocenters. The van der Waals surface area contributed by atoms with E-state index in [9.17, 15) is 9.70 Å². The van der Waals surface area contributed by atoms with Gasteiger partial charge in [0.05, 0.1) is 12.2 Å². The number of fused-ring (bicyclic) bond motifs is 1. The highest BCUT2D eigenvalue weighted by Gasteiger charge is 2.14. The molecule has 0 unspecified atom stereocenters. The summed E-state index contributed by atoms with van der Waals surface area (Å²) in [5, 5.41) is 2.39. The molecule has 1 aromatic carbocycles. The van der Waals surface area contributed by atoms with Gasteiger partial charge in [0.2, 0.25) is 5.52 Å². The number of rotatable bonds is 2. The summed E-state index contributed by atoms with van der Waals surface area (Å²) in [6.45, 7) is 2.04. The molecule has 0 bridgehead atoms. The van der Waals surface area contributed by atoms with E-state index in [0.717, 1.165) is 0 Å². The molecule has 0 amide bonds. The van der Waals surface area contributed by atoms with Crippen molar-refractivity contribution in [1.29, 1.82) is 0 Å². The molecule has 1 heterocycles. The van der Waals surface area contributed by atoms with Crippen molar-refractivity contribution >= 4 is 17.0 Å². The standard InChI is InChI=1S/C9H9N2O4/c1-2-14-9(12)6-3-4-8-7(5-6)10-15-11(8)13/h3-5,10H,2H2,1H3/q+1. The minimum atomic E-state index is -0.425. The normalized spacial score (nSPS) is 10.5. The van der Waals surface area contributed by atoms with Crippen molar-refractivity contribution in [3.63, 3.8) is 0 Å². The van der Waals surface area contributed by atoms with E-state index in [-0.39, 0.29) is 0 Å². The van der Waals surface area contributed by atoms with Gasteiger partial charge in [0.15, 0.2) is 4.60 Å². The number of H-pyrrole nitrogens is 1. The van der Waals surface area contributed by atoms with E-state index in [4.69, 9.17) is 4.74 Å². The van der Waals surface area contributed by atoms with Gasteiger partial charge in [-0.25, -0.2) is 4.79 Å². The Labute approximate surface area is 84.0 Å². The monoisotopic (exact) mass is 209 g/mol. The van der Waals surface area contributed by atoms with Gasteiger partial charge >= 0.3 is 5.97 Å². The largest absolute Gasteiger partial charge is 0.462 e. The number of nitrogens with zero attached hydrogens (tertiary/aromatic N) is 1. The molecule has 0 saturated carbocycles. The first-order valence-corrected chi connectivity index (χ1v) is 4.43. The Hall–Kier alpha value is -2.11. The number of benzene rings is 1. The third kappa shape index (κ3) is 1.61. The molecule has 2 rings (SSSR count). The van der Waals surface area contributed by atoms with Gasteiger partial charge in [0, 0.05) is 6.07 Å². The fourth-order valence-electron chi connectivity index (χ4n) is 1.26. The molecule has 6 heteroatoms. The third-order valence-electron chi connectivity index (χ3n) is 1.94. The first kappa shape index (κ1) is 9.45. The van der Waals surface area contributed by atoms with Crippen LogP contribution in [0.15, 0.2) is 22.8 Å². The molecule has 2 aromatic rings. The molecular weight excluding hydrogens is 200 g/mol. The average molecular weight is 209 g/mol. The van der Waals surface area contributed by atoms with Crippen LogP contribution in [0.1, 0.15) is 17.3 Å². The van der Waals surface area contributed by atoms with Crippen LogP contribution in [-0.2, 0) is 4.74 Å². The molecule has 0 radical (unpaired) electrons. The second-order valence-corrected chi connectivity index (χ2v) is 2.90. The lowest BCUT2D eigenvalue weighted by Gasteiger charge is -1.98. The first-order chi connectivity index (χ1) is 7.22. The molecular formula is C9H9N2O4+. The van der Waals surface area contributed by atoms with Crippen molar-refractivity contribution < 1.29 is 18.8 Å². The number of aromatic nitrogens is 2. The fourth-order valence-corrected chi connectivity index (χ4v) is 1.26. The number of hydrogen-bond donors (Lipinski definition) is 1. The predicted octanol–water partition coefficient (Wildman–Crippen LogP) is 0.852. The number of ether oxygens (including phenoxy) is 1. The summed E-state index contributed by atoms with van der Waals surface area (Å²) in [7, 11) is 0. The quantitative estimate of drug-likeness (QED) is 0.744. The number of esters is 1. The Morgan fingerprint density at radius 3 is 3.13 bits per heavy atom.